The smallest absolute Gasteiger partial charge is 0.377 e. The molecule has 3 nitrogen and oxygen atoms in total. The topological polar surface area (TPSA) is 27.7 Å². The largest absolute Gasteiger partial charge is 0.500 e. The maximum Gasteiger partial charge on any atom is 0.500 e. The van der Waals surface area contributed by atoms with E-state index in [9.17, 15) is 0 Å². The zero-order valence-electron chi connectivity index (χ0n) is 9.58. The minimum atomic E-state index is -2.38. The van der Waals surface area contributed by atoms with E-state index in [1.165, 1.54) is 0 Å². The van der Waals surface area contributed by atoms with Crippen molar-refractivity contribution in [1.82, 2.24) is 0 Å². The molecule has 0 aromatic rings. The number of hydrogen-bond acceptors (Lipinski definition) is 4. The molecule has 0 saturated carbocycles. The van der Waals surface area contributed by atoms with Gasteiger partial charge in [0.05, 0.1) is 0 Å². The van der Waals surface area contributed by atoms with Gasteiger partial charge >= 0.3 is 8.80 Å². The van der Waals surface area contributed by atoms with Gasteiger partial charge in [-0.3, -0.25) is 0 Å². The van der Waals surface area contributed by atoms with Crippen LogP contribution in [0.25, 0.3) is 0 Å². The summed E-state index contributed by atoms with van der Waals surface area (Å²) < 4.78 is 16.7. The highest BCUT2D eigenvalue weighted by atomic mass is 32.1. The van der Waals surface area contributed by atoms with Gasteiger partial charge in [-0.2, -0.15) is 12.6 Å². The van der Waals surface area contributed by atoms with E-state index in [-0.39, 0.29) is 0 Å². The van der Waals surface area contributed by atoms with Gasteiger partial charge in [-0.15, -0.1) is 0 Å². The minimum Gasteiger partial charge on any atom is -0.377 e. The van der Waals surface area contributed by atoms with E-state index in [2.05, 4.69) is 19.6 Å². The first-order valence-corrected chi connectivity index (χ1v) is 7.56. The Hall–Kier alpha value is 0.447. The number of rotatable bonds is 8. The summed E-state index contributed by atoms with van der Waals surface area (Å²) >= 11 is 4.34. The first kappa shape index (κ1) is 14.4. The number of hydrogen-bond donors (Lipinski definition) is 1. The lowest BCUT2D eigenvalue weighted by molar-refractivity contribution is 0.0862. The van der Waals surface area contributed by atoms with Crippen molar-refractivity contribution in [2.24, 2.45) is 0 Å². The van der Waals surface area contributed by atoms with E-state index < -0.39 is 8.80 Å². The van der Waals surface area contributed by atoms with Crippen molar-refractivity contribution in [3.63, 3.8) is 0 Å². The predicted molar refractivity (Wildman–Crippen MR) is 63.9 cm³/mol. The summed E-state index contributed by atoms with van der Waals surface area (Å²) in [7, 11) is -0.714. The van der Waals surface area contributed by atoms with Crippen molar-refractivity contribution in [3.05, 3.63) is 0 Å². The van der Waals surface area contributed by atoms with E-state index in [0.29, 0.717) is 18.5 Å². The van der Waals surface area contributed by atoms with Gasteiger partial charge in [-0.05, 0) is 25.5 Å². The average molecular weight is 238 g/mol. The molecule has 1 unspecified atom stereocenters. The third-order valence-electron chi connectivity index (χ3n) is 1.91. The van der Waals surface area contributed by atoms with Crippen LogP contribution >= 0.6 is 12.6 Å². The van der Waals surface area contributed by atoms with Gasteiger partial charge in [0.1, 0.15) is 0 Å². The van der Waals surface area contributed by atoms with E-state index in [1.54, 1.807) is 7.11 Å². The van der Waals surface area contributed by atoms with Crippen molar-refractivity contribution in [2.45, 2.75) is 38.5 Å². The first-order chi connectivity index (χ1) is 6.60. The molecule has 0 aliphatic heterocycles. The molecule has 0 aliphatic carbocycles. The van der Waals surface area contributed by atoms with Crippen LogP contribution in [0.3, 0.4) is 0 Å². The summed E-state index contributed by atoms with van der Waals surface area (Å²) in [6, 6.07) is 0.843. The Morgan fingerprint density at radius 2 is 1.71 bits per heavy atom. The highest BCUT2D eigenvalue weighted by Crippen LogP contribution is 2.19. The second-order valence-electron chi connectivity index (χ2n) is 3.14. The molecule has 0 bridgehead atoms. The Morgan fingerprint density at radius 3 is 2.00 bits per heavy atom. The maximum absolute atomic E-state index is 5.63. The fourth-order valence-corrected chi connectivity index (χ4v) is 4.08. The average Bonchev–Trinajstić information content (AvgIpc) is 2.15. The van der Waals surface area contributed by atoms with Crippen molar-refractivity contribution in [3.8, 4) is 0 Å². The summed E-state index contributed by atoms with van der Waals surface area (Å²) in [5.74, 6) is 0. The van der Waals surface area contributed by atoms with Gasteiger partial charge in [-0.25, -0.2) is 0 Å². The van der Waals surface area contributed by atoms with Gasteiger partial charge in [0.15, 0.2) is 0 Å². The third kappa shape index (κ3) is 5.36. The van der Waals surface area contributed by atoms with Crippen molar-refractivity contribution in [2.75, 3.05) is 20.3 Å². The molecule has 0 amide bonds. The van der Waals surface area contributed by atoms with Crippen molar-refractivity contribution >= 4 is 21.4 Å². The second-order valence-corrected chi connectivity index (χ2v) is 6.87. The van der Waals surface area contributed by atoms with E-state index >= 15 is 0 Å². The molecule has 0 fully saturated rings. The van der Waals surface area contributed by atoms with Gasteiger partial charge in [0.25, 0.3) is 0 Å². The molecule has 0 radical (unpaired) electrons. The lowest BCUT2D eigenvalue weighted by atomic mass is 10.4. The molecule has 14 heavy (non-hydrogen) atoms. The molecule has 0 heterocycles. The minimum absolute atomic E-state index is 0.359. The summed E-state index contributed by atoms with van der Waals surface area (Å²) in [5, 5.41) is 0.359. The van der Waals surface area contributed by atoms with Crippen LogP contribution in [-0.2, 0) is 13.3 Å². The molecule has 0 spiro atoms. The molecule has 0 N–H and O–H groups in total. The summed E-state index contributed by atoms with van der Waals surface area (Å²) in [5.41, 5.74) is 0. The molecule has 1 atom stereocenters. The Bertz CT molecular complexity index is 138. The molecule has 5 heteroatoms. The number of thiol groups is 1. The molecule has 0 rings (SSSR count). The SMILES string of the molecule is CCO[Si](CCC(C)S)(OC)OCC. The van der Waals surface area contributed by atoms with Crippen LogP contribution in [0, 0.1) is 0 Å². The fraction of sp³-hybridized carbons (Fsp3) is 1.00. The van der Waals surface area contributed by atoms with Crippen LogP contribution in [0.15, 0.2) is 0 Å². The normalized spacial score (nSPS) is 14.4. The predicted octanol–water partition coefficient (Wildman–Crippen LogP) is 2.35. The Labute approximate surface area is 93.9 Å². The zero-order valence-corrected chi connectivity index (χ0v) is 11.5. The van der Waals surface area contributed by atoms with E-state index in [0.717, 1.165) is 12.5 Å². The summed E-state index contributed by atoms with van der Waals surface area (Å²) in [6.07, 6.45) is 0.961. The molecule has 0 aromatic heterocycles. The first-order valence-electron chi connectivity index (χ1n) is 5.11. The summed E-state index contributed by atoms with van der Waals surface area (Å²) in [4.78, 5) is 0. The van der Waals surface area contributed by atoms with Crippen molar-refractivity contribution in [1.29, 1.82) is 0 Å². The standard InChI is InChI=1S/C9H22O3SSi/c1-5-11-14(10-4,12-6-2)8-7-9(3)13/h9,13H,5-8H2,1-4H3. The van der Waals surface area contributed by atoms with Gasteiger partial charge in [0.2, 0.25) is 0 Å². The molecule has 0 saturated heterocycles. The van der Waals surface area contributed by atoms with Gasteiger partial charge < -0.3 is 13.3 Å². The highest BCUT2D eigenvalue weighted by molar-refractivity contribution is 7.80. The highest BCUT2D eigenvalue weighted by Gasteiger charge is 2.38. The van der Waals surface area contributed by atoms with Gasteiger partial charge in [-0.1, -0.05) is 6.92 Å². The van der Waals surface area contributed by atoms with Crippen LogP contribution in [0.5, 0.6) is 0 Å². The van der Waals surface area contributed by atoms with Crippen LogP contribution in [0.4, 0.5) is 0 Å². The van der Waals surface area contributed by atoms with E-state index in [4.69, 9.17) is 13.3 Å². The molecule has 0 aromatic carbocycles. The quantitative estimate of drug-likeness (QED) is 0.520. The lowest BCUT2D eigenvalue weighted by Crippen LogP contribution is -2.45. The Morgan fingerprint density at radius 1 is 1.21 bits per heavy atom. The molecular weight excluding hydrogens is 216 g/mol. The fourth-order valence-electron chi connectivity index (χ4n) is 1.23. The van der Waals surface area contributed by atoms with Crippen LogP contribution in [0.1, 0.15) is 27.2 Å². The lowest BCUT2D eigenvalue weighted by Gasteiger charge is -2.27. The van der Waals surface area contributed by atoms with Crippen molar-refractivity contribution < 1.29 is 13.3 Å². The maximum atomic E-state index is 5.63. The van der Waals surface area contributed by atoms with Crippen LogP contribution < -0.4 is 0 Å². The molecule has 0 aliphatic rings. The van der Waals surface area contributed by atoms with Crippen LogP contribution in [-0.4, -0.2) is 34.4 Å². The summed E-state index contributed by atoms with van der Waals surface area (Å²) in [6.45, 7) is 7.27. The van der Waals surface area contributed by atoms with E-state index in [1.807, 2.05) is 13.8 Å². The van der Waals surface area contributed by atoms with Gasteiger partial charge in [0, 0.05) is 26.4 Å². The molecule has 86 valence electrons. The zero-order chi connectivity index (χ0) is 11.0. The Balaban J connectivity index is 4.17. The third-order valence-corrected chi connectivity index (χ3v) is 5.15. The second kappa shape index (κ2) is 7.70. The molecular formula is C9H22O3SSi. The monoisotopic (exact) mass is 238 g/mol. The Kier molecular flexibility index (Phi) is 7.95. The van der Waals surface area contributed by atoms with Crippen LogP contribution in [0.2, 0.25) is 6.04 Å².